The van der Waals surface area contributed by atoms with Crippen LogP contribution in [0.3, 0.4) is 0 Å². The number of benzene rings is 2. The number of allylic oxidation sites excluding steroid dienone is 1. The maximum absolute atomic E-state index is 12.7. The van der Waals surface area contributed by atoms with E-state index in [1.165, 1.54) is 7.11 Å². The van der Waals surface area contributed by atoms with E-state index in [2.05, 4.69) is 6.92 Å². The van der Waals surface area contributed by atoms with Crippen molar-refractivity contribution >= 4 is 17.1 Å². The standard InChI is InChI=1S/C23H28O4/c1-5-6-7-8-21(17-9-13-19(25-2)14-10-17)22(23(24)27-4)18-11-15-20(26-3)16-12-18/h9-16H,5-8H2,1-4H3/b22-21+. The fourth-order valence-corrected chi connectivity index (χ4v) is 3.03. The highest BCUT2D eigenvalue weighted by atomic mass is 16.5. The van der Waals surface area contributed by atoms with Gasteiger partial charge in [0.05, 0.1) is 26.9 Å². The minimum absolute atomic E-state index is 0.331. The molecule has 0 saturated carbocycles. The molecule has 0 aliphatic carbocycles. The fraction of sp³-hybridized carbons (Fsp3) is 0.348. The van der Waals surface area contributed by atoms with Gasteiger partial charge >= 0.3 is 5.97 Å². The molecule has 4 nitrogen and oxygen atoms in total. The molecule has 0 unspecified atom stereocenters. The highest BCUT2D eigenvalue weighted by molar-refractivity contribution is 6.24. The summed E-state index contributed by atoms with van der Waals surface area (Å²) in [5.74, 6) is 1.21. The van der Waals surface area contributed by atoms with E-state index >= 15 is 0 Å². The van der Waals surface area contributed by atoms with Gasteiger partial charge in [-0.1, -0.05) is 44.0 Å². The van der Waals surface area contributed by atoms with Crippen molar-refractivity contribution in [3.8, 4) is 11.5 Å². The Morgan fingerprint density at radius 1 is 0.778 bits per heavy atom. The highest BCUT2D eigenvalue weighted by Crippen LogP contribution is 2.33. The largest absolute Gasteiger partial charge is 0.497 e. The number of esters is 1. The number of carbonyl (C=O) groups is 1. The Morgan fingerprint density at radius 3 is 1.74 bits per heavy atom. The Hall–Kier alpha value is -2.75. The average Bonchev–Trinajstić information content (AvgIpc) is 2.73. The molecule has 0 heterocycles. The third-order valence-electron chi connectivity index (χ3n) is 4.54. The maximum Gasteiger partial charge on any atom is 0.338 e. The topological polar surface area (TPSA) is 44.8 Å². The molecule has 0 aromatic heterocycles. The van der Waals surface area contributed by atoms with Gasteiger partial charge in [-0.15, -0.1) is 0 Å². The first-order valence-corrected chi connectivity index (χ1v) is 9.24. The number of rotatable bonds is 9. The Labute approximate surface area is 161 Å². The lowest BCUT2D eigenvalue weighted by molar-refractivity contribution is -0.133. The molecule has 2 aromatic carbocycles. The number of ether oxygens (including phenoxy) is 3. The maximum atomic E-state index is 12.7. The number of unbranched alkanes of at least 4 members (excludes halogenated alkanes) is 2. The van der Waals surface area contributed by atoms with Crippen LogP contribution in [0, 0.1) is 0 Å². The molecule has 2 rings (SSSR count). The second kappa shape index (κ2) is 10.4. The molecule has 0 fully saturated rings. The van der Waals surface area contributed by atoms with E-state index in [9.17, 15) is 4.79 Å². The van der Waals surface area contributed by atoms with Crippen LogP contribution in [0.4, 0.5) is 0 Å². The van der Waals surface area contributed by atoms with Gasteiger partial charge in [0.15, 0.2) is 0 Å². The van der Waals surface area contributed by atoms with E-state index in [0.29, 0.717) is 5.57 Å². The van der Waals surface area contributed by atoms with Gasteiger partial charge in [-0.3, -0.25) is 0 Å². The summed E-state index contributed by atoms with van der Waals surface area (Å²) < 4.78 is 15.6. The molecule has 0 bridgehead atoms. The van der Waals surface area contributed by atoms with E-state index < -0.39 is 0 Å². The molecule has 0 amide bonds. The van der Waals surface area contributed by atoms with Crippen molar-refractivity contribution in [3.05, 3.63) is 59.7 Å². The average molecular weight is 368 g/mol. The number of hydrogen-bond donors (Lipinski definition) is 0. The van der Waals surface area contributed by atoms with Gasteiger partial charge in [0.25, 0.3) is 0 Å². The summed E-state index contributed by atoms with van der Waals surface area (Å²) in [6.45, 7) is 2.17. The molecule has 0 N–H and O–H groups in total. The van der Waals surface area contributed by atoms with Gasteiger partial charge in [0, 0.05) is 0 Å². The summed E-state index contributed by atoms with van der Waals surface area (Å²) >= 11 is 0. The van der Waals surface area contributed by atoms with Crippen LogP contribution < -0.4 is 9.47 Å². The van der Waals surface area contributed by atoms with Gasteiger partial charge in [-0.05, 0) is 53.8 Å². The number of carbonyl (C=O) groups excluding carboxylic acids is 1. The smallest absolute Gasteiger partial charge is 0.338 e. The summed E-state index contributed by atoms with van der Waals surface area (Å²) in [4.78, 5) is 12.7. The molecular formula is C23H28O4. The second-order valence-electron chi connectivity index (χ2n) is 6.26. The summed E-state index contributed by atoms with van der Waals surface area (Å²) in [6.07, 6.45) is 4.04. The molecule has 144 valence electrons. The van der Waals surface area contributed by atoms with Gasteiger partial charge in [-0.25, -0.2) is 4.79 Å². The molecule has 4 heteroatoms. The summed E-state index contributed by atoms with van der Waals surface area (Å²) in [7, 11) is 4.69. The van der Waals surface area contributed by atoms with E-state index in [1.807, 2.05) is 48.5 Å². The lowest BCUT2D eigenvalue weighted by Gasteiger charge is -2.16. The van der Waals surface area contributed by atoms with Crippen molar-refractivity contribution in [2.24, 2.45) is 0 Å². The Kier molecular flexibility index (Phi) is 7.93. The molecule has 27 heavy (non-hydrogen) atoms. The van der Waals surface area contributed by atoms with Crippen LogP contribution in [0.1, 0.15) is 43.7 Å². The van der Waals surface area contributed by atoms with Gasteiger partial charge < -0.3 is 14.2 Å². The van der Waals surface area contributed by atoms with Crippen LogP contribution in [-0.2, 0) is 9.53 Å². The highest BCUT2D eigenvalue weighted by Gasteiger charge is 2.20. The quantitative estimate of drug-likeness (QED) is 0.258. The minimum Gasteiger partial charge on any atom is -0.497 e. The van der Waals surface area contributed by atoms with Crippen LogP contribution in [0.2, 0.25) is 0 Å². The van der Waals surface area contributed by atoms with Crippen LogP contribution in [-0.4, -0.2) is 27.3 Å². The van der Waals surface area contributed by atoms with Gasteiger partial charge in [0.2, 0.25) is 0 Å². The normalized spacial score (nSPS) is 11.6. The first-order chi connectivity index (χ1) is 13.1. The second-order valence-corrected chi connectivity index (χ2v) is 6.26. The molecular weight excluding hydrogens is 340 g/mol. The zero-order valence-corrected chi connectivity index (χ0v) is 16.6. The molecule has 0 atom stereocenters. The van der Waals surface area contributed by atoms with E-state index in [1.54, 1.807) is 14.2 Å². The first kappa shape index (κ1) is 20.6. The molecule has 2 aromatic rings. The van der Waals surface area contributed by atoms with Crippen LogP contribution in [0.5, 0.6) is 11.5 Å². The van der Waals surface area contributed by atoms with E-state index in [4.69, 9.17) is 14.2 Å². The molecule has 0 saturated heterocycles. The summed E-state index contributed by atoms with van der Waals surface area (Å²) in [5, 5.41) is 0. The minimum atomic E-state index is -0.331. The molecule has 0 aliphatic heterocycles. The monoisotopic (exact) mass is 368 g/mol. The lowest BCUT2D eigenvalue weighted by Crippen LogP contribution is -2.07. The van der Waals surface area contributed by atoms with Crippen molar-refractivity contribution in [2.75, 3.05) is 21.3 Å². The fourth-order valence-electron chi connectivity index (χ4n) is 3.03. The SMILES string of the molecule is CCCCC/C(=C(\C(=O)OC)c1ccc(OC)cc1)c1ccc(OC)cc1. The Balaban J connectivity index is 2.58. The summed E-state index contributed by atoms with van der Waals surface area (Å²) in [6, 6.07) is 15.3. The first-order valence-electron chi connectivity index (χ1n) is 9.24. The third-order valence-corrected chi connectivity index (χ3v) is 4.54. The predicted octanol–water partition coefficient (Wildman–Crippen LogP) is 5.37. The van der Waals surface area contributed by atoms with Crippen LogP contribution in [0.25, 0.3) is 11.1 Å². The van der Waals surface area contributed by atoms with Gasteiger partial charge in [0.1, 0.15) is 11.5 Å². The molecule has 0 aliphatic rings. The molecule has 0 radical (unpaired) electrons. The van der Waals surface area contributed by atoms with Gasteiger partial charge in [-0.2, -0.15) is 0 Å². The van der Waals surface area contributed by atoms with Crippen LogP contribution in [0.15, 0.2) is 48.5 Å². The predicted molar refractivity (Wildman–Crippen MR) is 109 cm³/mol. The summed E-state index contributed by atoms with van der Waals surface area (Å²) in [5.41, 5.74) is 3.41. The van der Waals surface area contributed by atoms with Crippen molar-refractivity contribution in [2.45, 2.75) is 32.6 Å². The zero-order chi connectivity index (χ0) is 19.6. The van der Waals surface area contributed by atoms with Crippen molar-refractivity contribution in [3.63, 3.8) is 0 Å². The third kappa shape index (κ3) is 5.36. The van der Waals surface area contributed by atoms with Crippen molar-refractivity contribution in [1.82, 2.24) is 0 Å². The van der Waals surface area contributed by atoms with Crippen molar-refractivity contribution in [1.29, 1.82) is 0 Å². The van der Waals surface area contributed by atoms with Crippen molar-refractivity contribution < 1.29 is 19.0 Å². The number of methoxy groups -OCH3 is 3. The van der Waals surface area contributed by atoms with E-state index in [0.717, 1.165) is 53.9 Å². The molecule has 0 spiro atoms. The Morgan fingerprint density at radius 2 is 1.30 bits per heavy atom. The zero-order valence-electron chi connectivity index (χ0n) is 16.6. The van der Waals surface area contributed by atoms with Crippen LogP contribution >= 0.6 is 0 Å². The Bertz CT molecular complexity index is 758. The number of hydrogen-bond acceptors (Lipinski definition) is 4. The lowest BCUT2D eigenvalue weighted by atomic mass is 9.90. The van der Waals surface area contributed by atoms with E-state index in [-0.39, 0.29) is 5.97 Å².